The molecule has 2 N–H and O–H groups in total. The summed E-state index contributed by atoms with van der Waals surface area (Å²) in [5.41, 5.74) is 7.94. The molecule has 1 nitrogen and oxygen atoms in total. The molecule has 0 atom stereocenters. The first-order valence-electron chi connectivity index (χ1n) is 3.61. The maximum atomic E-state index is 5.74. The Balaban J connectivity index is 2.93. The molecule has 0 radical (unpaired) electrons. The number of rotatable bonds is 0. The summed E-state index contributed by atoms with van der Waals surface area (Å²) in [7, 11) is 0. The third-order valence-electron chi connectivity index (χ3n) is 1.83. The molecular weight excluding hydrogens is 281 g/mol. The van der Waals surface area contributed by atoms with Crippen molar-refractivity contribution >= 4 is 49.7 Å². The quantitative estimate of drug-likeness (QED) is 0.584. The van der Waals surface area contributed by atoms with E-state index in [0.717, 1.165) is 5.69 Å². The predicted octanol–water partition coefficient (Wildman–Crippen LogP) is 3.40. The van der Waals surface area contributed by atoms with Crippen molar-refractivity contribution in [2.24, 2.45) is 0 Å². The fraction of sp³-hybridized carbons (Fsp3) is 0.111. The zero-order valence-corrected chi connectivity index (χ0v) is 9.57. The van der Waals surface area contributed by atoms with E-state index in [4.69, 9.17) is 5.73 Å². The number of hydrogen-bond acceptors (Lipinski definition) is 2. The molecule has 0 aliphatic heterocycles. The van der Waals surface area contributed by atoms with Crippen LogP contribution in [-0.2, 0) is 0 Å². The smallest absolute Gasteiger partial charge is 0.0376 e. The summed E-state index contributed by atoms with van der Waals surface area (Å²) >= 11 is 4.09. The van der Waals surface area contributed by atoms with E-state index < -0.39 is 0 Å². The van der Waals surface area contributed by atoms with E-state index in [-0.39, 0.29) is 0 Å². The van der Waals surface area contributed by atoms with Crippen LogP contribution >= 0.6 is 33.9 Å². The van der Waals surface area contributed by atoms with Crippen LogP contribution in [0.2, 0.25) is 0 Å². The average molecular weight is 289 g/mol. The first-order chi connectivity index (χ1) is 5.68. The van der Waals surface area contributed by atoms with E-state index in [0.29, 0.717) is 0 Å². The van der Waals surface area contributed by atoms with Gasteiger partial charge in [-0.25, -0.2) is 0 Å². The van der Waals surface area contributed by atoms with Gasteiger partial charge in [0.05, 0.1) is 0 Å². The van der Waals surface area contributed by atoms with Crippen LogP contribution in [0.5, 0.6) is 0 Å². The second kappa shape index (κ2) is 2.88. The number of hydrogen-bond donors (Lipinski definition) is 1. The zero-order chi connectivity index (χ0) is 8.72. The van der Waals surface area contributed by atoms with E-state index in [1.54, 1.807) is 11.3 Å². The molecule has 12 heavy (non-hydrogen) atoms. The number of anilines is 1. The van der Waals surface area contributed by atoms with Gasteiger partial charge in [0.1, 0.15) is 0 Å². The number of benzene rings is 1. The number of halogens is 1. The van der Waals surface area contributed by atoms with Crippen LogP contribution < -0.4 is 5.73 Å². The van der Waals surface area contributed by atoms with Gasteiger partial charge in [-0.05, 0) is 52.6 Å². The van der Waals surface area contributed by atoms with E-state index in [9.17, 15) is 0 Å². The lowest BCUT2D eigenvalue weighted by Gasteiger charge is -1.98. The summed E-state index contributed by atoms with van der Waals surface area (Å²) in [6.07, 6.45) is 0. The molecule has 2 rings (SSSR count). The molecule has 0 aliphatic carbocycles. The normalized spacial score (nSPS) is 10.8. The van der Waals surface area contributed by atoms with Gasteiger partial charge in [-0.1, -0.05) is 0 Å². The van der Waals surface area contributed by atoms with Gasteiger partial charge >= 0.3 is 0 Å². The standard InChI is InChI=1S/C9H8INS/c1-5-4-12-8-3-6(11)2-7(10)9(5)8/h2-4H,11H2,1H3. The molecule has 2 aromatic rings. The molecule has 0 amide bonds. The molecule has 3 heteroatoms. The monoisotopic (exact) mass is 289 g/mol. The topological polar surface area (TPSA) is 26.0 Å². The van der Waals surface area contributed by atoms with Gasteiger partial charge in [0, 0.05) is 19.3 Å². The minimum absolute atomic E-state index is 0.855. The lowest BCUT2D eigenvalue weighted by molar-refractivity contribution is 1.58. The fourth-order valence-electron chi connectivity index (χ4n) is 1.29. The maximum absolute atomic E-state index is 5.74. The van der Waals surface area contributed by atoms with Crippen molar-refractivity contribution in [2.75, 3.05) is 5.73 Å². The third kappa shape index (κ3) is 1.21. The van der Waals surface area contributed by atoms with E-state index in [1.165, 1.54) is 19.2 Å². The zero-order valence-electron chi connectivity index (χ0n) is 6.60. The van der Waals surface area contributed by atoms with Gasteiger partial charge in [-0.2, -0.15) is 0 Å². The van der Waals surface area contributed by atoms with Crippen LogP contribution in [0, 0.1) is 10.5 Å². The Morgan fingerprint density at radius 2 is 2.17 bits per heavy atom. The van der Waals surface area contributed by atoms with Crippen LogP contribution in [0.15, 0.2) is 17.5 Å². The Hall–Kier alpha value is -0.290. The van der Waals surface area contributed by atoms with Crippen LogP contribution in [0.1, 0.15) is 5.56 Å². The van der Waals surface area contributed by atoms with Crippen molar-refractivity contribution in [1.29, 1.82) is 0 Å². The predicted molar refractivity (Wildman–Crippen MR) is 63.7 cm³/mol. The SMILES string of the molecule is Cc1csc2cc(N)cc(I)c12. The second-order valence-corrected chi connectivity index (χ2v) is 4.87. The van der Waals surface area contributed by atoms with Crippen molar-refractivity contribution in [1.82, 2.24) is 0 Å². The minimum atomic E-state index is 0.855. The molecule has 1 aromatic heterocycles. The minimum Gasteiger partial charge on any atom is -0.399 e. The van der Waals surface area contributed by atoms with E-state index in [2.05, 4.69) is 34.9 Å². The highest BCUT2D eigenvalue weighted by molar-refractivity contribution is 14.1. The van der Waals surface area contributed by atoms with Crippen LogP contribution in [0.4, 0.5) is 5.69 Å². The van der Waals surface area contributed by atoms with Gasteiger partial charge in [0.2, 0.25) is 0 Å². The molecule has 0 spiro atoms. The molecular formula is C9H8INS. The van der Waals surface area contributed by atoms with Crippen molar-refractivity contribution in [3.8, 4) is 0 Å². The summed E-state index contributed by atoms with van der Waals surface area (Å²) in [6, 6.07) is 4.05. The number of fused-ring (bicyclic) bond motifs is 1. The second-order valence-electron chi connectivity index (χ2n) is 2.79. The summed E-state index contributed by atoms with van der Waals surface area (Å²) in [5, 5.41) is 3.53. The van der Waals surface area contributed by atoms with Gasteiger partial charge in [-0.3, -0.25) is 0 Å². The first-order valence-corrected chi connectivity index (χ1v) is 5.57. The van der Waals surface area contributed by atoms with Crippen molar-refractivity contribution in [3.05, 3.63) is 26.6 Å². The largest absolute Gasteiger partial charge is 0.399 e. The van der Waals surface area contributed by atoms with Crippen molar-refractivity contribution < 1.29 is 0 Å². The van der Waals surface area contributed by atoms with Gasteiger partial charge < -0.3 is 5.73 Å². The molecule has 1 aromatic carbocycles. The van der Waals surface area contributed by atoms with Crippen molar-refractivity contribution in [3.63, 3.8) is 0 Å². The van der Waals surface area contributed by atoms with E-state index in [1.807, 2.05) is 12.1 Å². The van der Waals surface area contributed by atoms with E-state index >= 15 is 0 Å². The molecule has 1 heterocycles. The Bertz CT molecular complexity index is 433. The Labute approximate surface area is 88.7 Å². The number of nitrogens with two attached hydrogens (primary N) is 1. The van der Waals surface area contributed by atoms with Gasteiger partial charge in [0.25, 0.3) is 0 Å². The Kier molecular flexibility index (Phi) is 2.00. The maximum Gasteiger partial charge on any atom is 0.0376 e. The highest BCUT2D eigenvalue weighted by Crippen LogP contribution is 2.31. The lowest BCUT2D eigenvalue weighted by Crippen LogP contribution is -1.85. The Morgan fingerprint density at radius 3 is 2.92 bits per heavy atom. The van der Waals surface area contributed by atoms with Crippen LogP contribution in [0.3, 0.4) is 0 Å². The van der Waals surface area contributed by atoms with Crippen LogP contribution in [-0.4, -0.2) is 0 Å². The van der Waals surface area contributed by atoms with Gasteiger partial charge in [0.15, 0.2) is 0 Å². The summed E-state index contributed by atoms with van der Waals surface area (Å²) in [5.74, 6) is 0. The first kappa shape index (κ1) is 8.31. The van der Waals surface area contributed by atoms with Gasteiger partial charge in [-0.15, -0.1) is 11.3 Å². The highest BCUT2D eigenvalue weighted by atomic mass is 127. The molecule has 0 saturated carbocycles. The van der Waals surface area contributed by atoms with Crippen molar-refractivity contribution in [2.45, 2.75) is 6.92 Å². The highest BCUT2D eigenvalue weighted by Gasteiger charge is 2.04. The number of thiophene rings is 1. The molecule has 0 fully saturated rings. The summed E-state index contributed by atoms with van der Waals surface area (Å²) < 4.78 is 2.54. The average Bonchev–Trinajstić information content (AvgIpc) is 2.31. The molecule has 62 valence electrons. The summed E-state index contributed by atoms with van der Waals surface area (Å²) in [4.78, 5) is 0. The lowest BCUT2D eigenvalue weighted by atomic mass is 10.2. The molecule has 0 saturated heterocycles. The van der Waals surface area contributed by atoms with Crippen LogP contribution in [0.25, 0.3) is 10.1 Å². The third-order valence-corrected chi connectivity index (χ3v) is 3.73. The summed E-state index contributed by atoms with van der Waals surface area (Å²) in [6.45, 7) is 2.14. The number of nitrogen functional groups attached to an aromatic ring is 1. The Morgan fingerprint density at radius 1 is 1.42 bits per heavy atom. The number of aryl methyl sites for hydroxylation is 1. The molecule has 0 unspecified atom stereocenters. The fourth-order valence-corrected chi connectivity index (χ4v) is 3.56. The molecule has 0 bridgehead atoms. The molecule has 0 aliphatic rings.